The third-order valence-electron chi connectivity index (χ3n) is 0.380. The molecule has 0 aliphatic rings. The molecule has 0 aromatic carbocycles. The van der Waals surface area contributed by atoms with Crippen molar-refractivity contribution in [2.75, 3.05) is 0 Å². The fourth-order valence-corrected chi connectivity index (χ4v) is 3.15. The first kappa shape index (κ1) is 11.0. The van der Waals surface area contributed by atoms with Crippen LogP contribution in [0.3, 0.4) is 0 Å². The van der Waals surface area contributed by atoms with Crippen molar-refractivity contribution in [3.63, 3.8) is 0 Å². The number of hydrogen-bond donors (Lipinski definition) is 5. The Bertz CT molecular complexity index is 197. The lowest BCUT2D eigenvalue weighted by atomic mass is 13.0. The van der Waals surface area contributed by atoms with Gasteiger partial charge in [0.1, 0.15) is 0 Å². The topological polar surface area (TPSA) is 105 Å². The van der Waals surface area contributed by atoms with Gasteiger partial charge in [-0.25, -0.2) is 8.88 Å². The summed E-state index contributed by atoms with van der Waals surface area (Å²) in [6, 6.07) is 0. The van der Waals surface area contributed by atoms with E-state index in [-0.39, 0.29) is 0 Å². The molecule has 0 bridgehead atoms. The summed E-state index contributed by atoms with van der Waals surface area (Å²) < 4.78 is 14.1. The SMILES string of the molecule is NNP(=S)(S)OP(=O)(O)O. The molecule has 5 N–H and O–H groups in total. The van der Waals surface area contributed by atoms with Crippen molar-refractivity contribution in [3.05, 3.63) is 0 Å². The molecule has 10 heteroatoms. The zero-order valence-electron chi connectivity index (χ0n) is 4.54. The quantitative estimate of drug-likeness (QED) is 0.194. The first-order valence-electron chi connectivity index (χ1n) is 1.84. The summed E-state index contributed by atoms with van der Waals surface area (Å²) in [6.45, 7) is 0. The van der Waals surface area contributed by atoms with Crippen molar-refractivity contribution >= 4 is 37.5 Å². The van der Waals surface area contributed by atoms with Gasteiger partial charge in [0.05, 0.1) is 0 Å². The minimum atomic E-state index is -4.58. The van der Waals surface area contributed by atoms with Crippen LogP contribution in [-0.4, -0.2) is 9.79 Å². The van der Waals surface area contributed by atoms with Gasteiger partial charge in [-0.3, -0.25) is 5.84 Å². The van der Waals surface area contributed by atoms with Gasteiger partial charge in [-0.05, 0) is 11.8 Å². The van der Waals surface area contributed by atoms with Crippen LogP contribution < -0.4 is 11.0 Å². The Morgan fingerprint density at radius 2 is 2.10 bits per heavy atom. The van der Waals surface area contributed by atoms with Crippen LogP contribution in [-0.2, 0) is 20.7 Å². The molecule has 1 unspecified atom stereocenters. The van der Waals surface area contributed by atoms with Gasteiger partial charge in [0, 0.05) is 0 Å². The second-order valence-corrected chi connectivity index (χ2v) is 8.20. The molecule has 0 spiro atoms. The van der Waals surface area contributed by atoms with Crippen LogP contribution in [0, 0.1) is 0 Å². The summed E-state index contributed by atoms with van der Waals surface area (Å²) >= 11 is 7.97. The summed E-state index contributed by atoms with van der Waals surface area (Å²) in [6.07, 6.45) is 0. The van der Waals surface area contributed by atoms with Crippen molar-refractivity contribution in [1.29, 1.82) is 0 Å². The summed E-state index contributed by atoms with van der Waals surface area (Å²) in [7, 11) is -4.58. The zero-order chi connectivity index (χ0) is 8.41. The van der Waals surface area contributed by atoms with Gasteiger partial charge in [-0.1, -0.05) is 12.2 Å². The predicted molar refractivity (Wildman–Crippen MR) is 43.7 cm³/mol. The molecule has 0 radical (unpaired) electrons. The third-order valence-corrected chi connectivity index (χ3v) is 4.36. The molecule has 10 heavy (non-hydrogen) atoms. The normalized spacial score (nSPS) is 18.4. The van der Waals surface area contributed by atoms with Crippen LogP contribution in [0.2, 0.25) is 0 Å². The van der Waals surface area contributed by atoms with E-state index in [1.54, 1.807) is 0 Å². The van der Waals surface area contributed by atoms with Crippen molar-refractivity contribution in [2.24, 2.45) is 5.84 Å². The van der Waals surface area contributed by atoms with Crippen LogP contribution in [0.25, 0.3) is 0 Å². The molecule has 0 fully saturated rings. The molecule has 1 atom stereocenters. The van der Waals surface area contributed by atoms with Gasteiger partial charge in [0.25, 0.3) is 0 Å². The van der Waals surface area contributed by atoms with Crippen LogP contribution in [0.5, 0.6) is 0 Å². The second kappa shape index (κ2) is 3.62. The molecule has 0 aromatic heterocycles. The molecule has 0 heterocycles. The number of nitrogens with two attached hydrogens (primary N) is 1. The molecule has 62 valence electrons. The second-order valence-electron chi connectivity index (χ2n) is 1.22. The van der Waals surface area contributed by atoms with E-state index < -0.39 is 13.4 Å². The maximum absolute atomic E-state index is 10.1. The van der Waals surface area contributed by atoms with Crippen LogP contribution in [0.4, 0.5) is 0 Å². The molecule has 0 amide bonds. The van der Waals surface area contributed by atoms with Crippen molar-refractivity contribution in [1.82, 2.24) is 5.20 Å². The fourth-order valence-electron chi connectivity index (χ4n) is 0.168. The Labute approximate surface area is 67.7 Å². The standard InChI is InChI=1S/H6N2O4P2S2/c1-2-7(9,10)6-8(3,4)5/h1H2,(H2,2,9,10)(H2,3,4,5). The highest BCUT2D eigenvalue weighted by atomic mass is 32.9. The van der Waals surface area contributed by atoms with Crippen LogP contribution >= 0.6 is 25.7 Å². The van der Waals surface area contributed by atoms with Crippen LogP contribution in [0.1, 0.15) is 0 Å². The van der Waals surface area contributed by atoms with Gasteiger partial charge in [0.15, 0.2) is 0 Å². The molecule has 0 saturated carbocycles. The number of nitrogens with one attached hydrogen (secondary N) is 1. The highest BCUT2D eigenvalue weighted by Crippen LogP contribution is 2.59. The molecule has 0 aliphatic carbocycles. The van der Waals surface area contributed by atoms with E-state index in [9.17, 15) is 4.57 Å². The van der Waals surface area contributed by atoms with E-state index in [0.717, 1.165) is 0 Å². The Morgan fingerprint density at radius 1 is 1.70 bits per heavy atom. The summed E-state index contributed by atoms with van der Waals surface area (Å²) in [4.78, 5) is 16.4. The molecule has 0 rings (SSSR count). The van der Waals surface area contributed by atoms with Crippen molar-refractivity contribution < 1.29 is 18.7 Å². The van der Waals surface area contributed by atoms with E-state index >= 15 is 0 Å². The molecule has 0 aliphatic heterocycles. The molecule has 0 aromatic rings. The first-order valence-corrected chi connectivity index (χ1v) is 7.25. The Balaban J connectivity index is 4.17. The van der Waals surface area contributed by atoms with Gasteiger partial charge < -0.3 is 9.79 Å². The third kappa shape index (κ3) is 5.79. The van der Waals surface area contributed by atoms with Gasteiger partial charge >= 0.3 is 7.82 Å². The zero-order valence-corrected chi connectivity index (χ0v) is 8.04. The summed E-state index contributed by atoms with van der Waals surface area (Å²) in [5.74, 6) is 4.76. The van der Waals surface area contributed by atoms with E-state index in [4.69, 9.17) is 15.6 Å². The summed E-state index contributed by atoms with van der Waals surface area (Å²) in [5, 5.41) is 1.87. The van der Waals surface area contributed by atoms with E-state index in [2.05, 4.69) is 28.4 Å². The minimum Gasteiger partial charge on any atom is -0.302 e. The lowest BCUT2D eigenvalue weighted by molar-refractivity contribution is 0.293. The Kier molecular flexibility index (Phi) is 3.99. The lowest BCUT2D eigenvalue weighted by Crippen LogP contribution is -2.16. The van der Waals surface area contributed by atoms with Gasteiger partial charge in [0.2, 0.25) is 5.62 Å². The number of phosphoric acid groups is 1. The molecular formula is H6N2O4P2S2. The molecular weight excluding hydrogens is 218 g/mol. The van der Waals surface area contributed by atoms with Gasteiger partial charge in [-0.2, -0.15) is 5.20 Å². The average Bonchev–Trinajstić information content (AvgIpc) is 1.60. The largest absolute Gasteiger partial charge is 0.475 e. The number of thiol groups is 1. The van der Waals surface area contributed by atoms with Crippen LogP contribution in [0.15, 0.2) is 0 Å². The van der Waals surface area contributed by atoms with E-state index in [1.165, 1.54) is 0 Å². The monoisotopic (exact) mass is 224 g/mol. The van der Waals surface area contributed by atoms with Gasteiger partial charge in [-0.15, -0.1) is 0 Å². The number of rotatable bonds is 3. The number of hydrogen-bond acceptors (Lipinski definition) is 4. The minimum absolute atomic E-state index is 1.87. The van der Waals surface area contributed by atoms with Crippen molar-refractivity contribution in [2.45, 2.75) is 0 Å². The average molecular weight is 224 g/mol. The van der Waals surface area contributed by atoms with Crippen molar-refractivity contribution in [3.8, 4) is 0 Å². The Morgan fingerprint density at radius 3 is 2.20 bits per heavy atom. The first-order chi connectivity index (χ1) is 4.27. The predicted octanol–water partition coefficient (Wildman–Crippen LogP) is -0.287. The summed E-state index contributed by atoms with van der Waals surface area (Å²) in [5.41, 5.74) is -3.00. The maximum Gasteiger partial charge on any atom is 0.475 e. The highest BCUT2D eigenvalue weighted by molar-refractivity contribution is 8.61. The molecule has 0 saturated heterocycles. The molecule has 6 nitrogen and oxygen atoms in total. The fraction of sp³-hybridized carbons (Fsp3) is 0. The van der Waals surface area contributed by atoms with E-state index in [0.29, 0.717) is 0 Å². The van der Waals surface area contributed by atoms with E-state index in [1.807, 2.05) is 5.20 Å². The Hall–Kier alpha value is 1.03. The highest BCUT2D eigenvalue weighted by Gasteiger charge is 2.23. The smallest absolute Gasteiger partial charge is 0.302 e. The lowest BCUT2D eigenvalue weighted by Gasteiger charge is -2.13. The number of hydrazine groups is 1. The maximum atomic E-state index is 10.1.